The van der Waals surface area contributed by atoms with Crippen molar-refractivity contribution in [2.45, 2.75) is 6.54 Å². The molecular weight excluding hydrogens is 283 g/mol. The van der Waals surface area contributed by atoms with Crippen LogP contribution in [0.1, 0.15) is 4.88 Å². The first-order chi connectivity index (χ1) is 9.20. The molecule has 19 heavy (non-hydrogen) atoms. The summed E-state index contributed by atoms with van der Waals surface area (Å²) >= 11 is 7.23. The van der Waals surface area contributed by atoms with Gasteiger partial charge in [0.1, 0.15) is 5.82 Å². The first kappa shape index (κ1) is 12.4. The number of anilines is 1. The first-order valence-electron chi connectivity index (χ1n) is 5.74. The monoisotopic (exact) mass is 292 g/mol. The number of nitrogens with one attached hydrogen (secondary N) is 1. The van der Waals surface area contributed by atoms with E-state index < -0.39 is 0 Å². The Hall–Kier alpha value is -1.65. The molecule has 3 rings (SSSR count). The number of rotatable bonds is 3. The Morgan fingerprint density at radius 2 is 1.95 bits per heavy atom. The fourth-order valence-electron chi connectivity index (χ4n) is 1.88. The molecule has 1 heterocycles. The van der Waals surface area contributed by atoms with Gasteiger partial charge in [-0.15, -0.1) is 11.3 Å². The fourth-order valence-corrected chi connectivity index (χ4v) is 2.80. The molecule has 2 aromatic carbocycles. The quantitative estimate of drug-likeness (QED) is 0.757. The molecule has 2 nitrogen and oxygen atoms in total. The van der Waals surface area contributed by atoms with Crippen molar-refractivity contribution in [2.75, 3.05) is 5.32 Å². The van der Waals surface area contributed by atoms with Gasteiger partial charge >= 0.3 is 0 Å². The summed E-state index contributed by atoms with van der Waals surface area (Å²) in [5.74, 6) is -0.215. The Morgan fingerprint density at radius 1 is 1.16 bits per heavy atom. The number of hydrogen-bond acceptors (Lipinski definition) is 3. The predicted molar refractivity (Wildman–Crippen MR) is 78.4 cm³/mol. The topological polar surface area (TPSA) is 24.9 Å². The second-order valence-corrected chi connectivity index (χ2v) is 5.84. The maximum Gasteiger partial charge on any atom is 0.183 e. The zero-order valence-electron chi connectivity index (χ0n) is 9.86. The number of hydrogen-bond donors (Lipinski definition) is 1. The molecule has 0 aliphatic rings. The molecular formula is C14H10ClFN2S. The Balaban J connectivity index is 1.79. The summed E-state index contributed by atoms with van der Waals surface area (Å²) in [6.07, 6.45) is 1.76. The molecule has 0 fully saturated rings. The number of nitrogens with zero attached hydrogens (tertiary/aromatic N) is 1. The van der Waals surface area contributed by atoms with Crippen molar-refractivity contribution in [3.63, 3.8) is 0 Å². The van der Waals surface area contributed by atoms with Gasteiger partial charge in [0, 0.05) is 16.8 Å². The van der Waals surface area contributed by atoms with E-state index in [-0.39, 0.29) is 5.82 Å². The van der Waals surface area contributed by atoms with Gasteiger partial charge in [0.05, 0.1) is 6.54 Å². The van der Waals surface area contributed by atoms with Gasteiger partial charge in [-0.2, -0.15) is 0 Å². The summed E-state index contributed by atoms with van der Waals surface area (Å²) < 4.78 is 13.6. The van der Waals surface area contributed by atoms with Gasteiger partial charge < -0.3 is 5.32 Å². The minimum absolute atomic E-state index is 0.215. The summed E-state index contributed by atoms with van der Waals surface area (Å²) in [4.78, 5) is 5.06. The van der Waals surface area contributed by atoms with E-state index in [1.54, 1.807) is 12.3 Å². The van der Waals surface area contributed by atoms with Crippen LogP contribution in [-0.2, 0) is 6.54 Å². The van der Waals surface area contributed by atoms with Crippen molar-refractivity contribution >= 4 is 39.4 Å². The molecule has 0 bridgehead atoms. The van der Waals surface area contributed by atoms with Crippen LogP contribution in [0.5, 0.6) is 0 Å². The number of thiazole rings is 1. The van der Waals surface area contributed by atoms with Crippen LogP contribution in [0, 0.1) is 5.82 Å². The third-order valence-electron chi connectivity index (χ3n) is 2.79. The second kappa shape index (κ2) is 5.15. The molecule has 0 unspecified atom stereocenters. The molecule has 0 amide bonds. The highest BCUT2D eigenvalue weighted by molar-refractivity contribution is 7.15. The number of fused-ring (bicyclic) bond motifs is 1. The van der Waals surface area contributed by atoms with Crippen LogP contribution in [0.2, 0.25) is 4.47 Å². The van der Waals surface area contributed by atoms with E-state index in [1.165, 1.54) is 23.5 Å². The van der Waals surface area contributed by atoms with Crippen molar-refractivity contribution in [1.29, 1.82) is 0 Å². The number of aromatic nitrogens is 1. The maximum absolute atomic E-state index is 13.1. The van der Waals surface area contributed by atoms with Gasteiger partial charge in [0.25, 0.3) is 0 Å². The maximum atomic E-state index is 13.1. The van der Waals surface area contributed by atoms with Crippen LogP contribution < -0.4 is 5.32 Å². The summed E-state index contributed by atoms with van der Waals surface area (Å²) in [5.41, 5.74) is 0.989. The van der Waals surface area contributed by atoms with Crippen LogP contribution in [0.4, 0.5) is 10.1 Å². The summed E-state index contributed by atoms with van der Waals surface area (Å²) in [7, 11) is 0. The average molecular weight is 293 g/mol. The largest absolute Gasteiger partial charge is 0.380 e. The molecule has 1 N–H and O–H groups in total. The molecule has 96 valence electrons. The van der Waals surface area contributed by atoms with Crippen LogP contribution in [0.15, 0.2) is 42.6 Å². The molecule has 0 radical (unpaired) electrons. The highest BCUT2D eigenvalue weighted by Crippen LogP contribution is 2.22. The molecule has 0 aliphatic heterocycles. The first-order valence-corrected chi connectivity index (χ1v) is 6.93. The smallest absolute Gasteiger partial charge is 0.183 e. The Morgan fingerprint density at radius 3 is 2.74 bits per heavy atom. The van der Waals surface area contributed by atoms with Gasteiger partial charge in [0.15, 0.2) is 4.47 Å². The molecule has 0 saturated heterocycles. The zero-order chi connectivity index (χ0) is 13.2. The molecule has 0 aliphatic carbocycles. The van der Waals surface area contributed by atoms with Crippen molar-refractivity contribution in [2.24, 2.45) is 0 Å². The van der Waals surface area contributed by atoms with E-state index in [1.807, 2.05) is 18.2 Å². The highest BCUT2D eigenvalue weighted by atomic mass is 35.5. The van der Waals surface area contributed by atoms with Gasteiger partial charge in [0.2, 0.25) is 0 Å². The minimum Gasteiger partial charge on any atom is -0.380 e. The van der Waals surface area contributed by atoms with Gasteiger partial charge in [-0.05, 0) is 35.0 Å². The van der Waals surface area contributed by atoms with Crippen molar-refractivity contribution < 1.29 is 4.39 Å². The van der Waals surface area contributed by atoms with Crippen LogP contribution in [-0.4, -0.2) is 4.98 Å². The lowest BCUT2D eigenvalue weighted by atomic mass is 10.1. The lowest BCUT2D eigenvalue weighted by molar-refractivity contribution is 0.630. The molecule has 5 heteroatoms. The van der Waals surface area contributed by atoms with Gasteiger partial charge in [-0.25, -0.2) is 9.37 Å². The van der Waals surface area contributed by atoms with E-state index in [0.29, 0.717) is 11.0 Å². The third-order valence-corrected chi connectivity index (χ3v) is 3.91. The van der Waals surface area contributed by atoms with Crippen molar-refractivity contribution in [3.05, 3.63) is 57.8 Å². The summed E-state index contributed by atoms with van der Waals surface area (Å²) in [5, 5.41) is 5.20. The second-order valence-electron chi connectivity index (χ2n) is 4.14. The van der Waals surface area contributed by atoms with E-state index in [0.717, 1.165) is 21.3 Å². The van der Waals surface area contributed by atoms with Gasteiger partial charge in [-0.3, -0.25) is 0 Å². The molecule has 1 aromatic heterocycles. The molecule has 0 saturated carbocycles. The predicted octanol–water partition coefficient (Wildman–Crippen LogP) is 4.70. The summed E-state index contributed by atoms with van der Waals surface area (Å²) in [6, 6.07) is 10.6. The standard InChI is InChI=1S/C14H10ClFN2S/c15-14-18-8-13(19-14)7-17-12-4-2-9-5-11(16)3-1-10(9)6-12/h1-6,8,17H,7H2. The fraction of sp³-hybridized carbons (Fsp3) is 0.0714. The normalized spacial score (nSPS) is 10.8. The van der Waals surface area contributed by atoms with E-state index >= 15 is 0 Å². The Labute approximate surface area is 118 Å². The highest BCUT2D eigenvalue weighted by Gasteiger charge is 2.01. The number of halogens is 2. The third kappa shape index (κ3) is 2.85. The van der Waals surface area contributed by atoms with Crippen LogP contribution in [0.3, 0.4) is 0 Å². The van der Waals surface area contributed by atoms with E-state index in [2.05, 4.69) is 10.3 Å². The van der Waals surface area contributed by atoms with Crippen molar-refractivity contribution in [1.82, 2.24) is 4.98 Å². The Kier molecular flexibility index (Phi) is 3.36. The van der Waals surface area contributed by atoms with E-state index in [9.17, 15) is 4.39 Å². The SMILES string of the molecule is Fc1ccc2cc(NCc3cnc(Cl)s3)ccc2c1. The number of benzene rings is 2. The van der Waals surface area contributed by atoms with Crippen molar-refractivity contribution in [3.8, 4) is 0 Å². The lowest BCUT2D eigenvalue weighted by Crippen LogP contribution is -1.97. The minimum atomic E-state index is -0.215. The molecule has 3 aromatic rings. The van der Waals surface area contributed by atoms with Crippen LogP contribution >= 0.6 is 22.9 Å². The summed E-state index contributed by atoms with van der Waals surface area (Å²) in [6.45, 7) is 0.678. The van der Waals surface area contributed by atoms with Crippen LogP contribution in [0.25, 0.3) is 10.8 Å². The Bertz CT molecular complexity index is 726. The van der Waals surface area contributed by atoms with E-state index in [4.69, 9.17) is 11.6 Å². The lowest BCUT2D eigenvalue weighted by Gasteiger charge is -2.06. The molecule has 0 atom stereocenters. The average Bonchev–Trinajstić information content (AvgIpc) is 2.82. The zero-order valence-corrected chi connectivity index (χ0v) is 11.4. The molecule has 0 spiro atoms. The van der Waals surface area contributed by atoms with Gasteiger partial charge in [-0.1, -0.05) is 23.7 Å².